The van der Waals surface area contributed by atoms with Gasteiger partial charge >= 0.3 is 0 Å². The van der Waals surface area contributed by atoms with Crippen LogP contribution in [0.2, 0.25) is 0 Å². The van der Waals surface area contributed by atoms with Crippen LogP contribution in [0.25, 0.3) is 16.9 Å². The summed E-state index contributed by atoms with van der Waals surface area (Å²) in [5.41, 5.74) is 9.56. The second kappa shape index (κ2) is 7.74. The van der Waals surface area contributed by atoms with Crippen LogP contribution in [0.5, 0.6) is 5.75 Å². The number of carbonyl (C=O) groups is 1. The average Bonchev–Trinajstić information content (AvgIpc) is 3.13. The minimum atomic E-state index is -0.241. The maximum Gasteiger partial charge on any atom is 0.262 e. The third-order valence-corrected chi connectivity index (χ3v) is 4.67. The van der Waals surface area contributed by atoms with Gasteiger partial charge in [0.2, 0.25) is 0 Å². The van der Waals surface area contributed by atoms with Crippen LogP contribution < -0.4 is 15.8 Å². The van der Waals surface area contributed by atoms with Crippen LogP contribution in [-0.2, 0) is 4.79 Å². The van der Waals surface area contributed by atoms with E-state index in [1.807, 2.05) is 71.4 Å². The molecule has 4 aromatic rings. The highest BCUT2D eigenvalue weighted by Gasteiger charge is 2.11. The molecule has 0 unspecified atom stereocenters. The number of pyridine rings is 1. The Bertz CT molecular complexity index is 1120. The Labute approximate surface area is 170 Å². The lowest BCUT2D eigenvalue weighted by molar-refractivity contribution is -0.118. The summed E-state index contributed by atoms with van der Waals surface area (Å²) < 4.78 is 8.54. The van der Waals surface area contributed by atoms with E-state index < -0.39 is 0 Å². The van der Waals surface area contributed by atoms with E-state index in [1.54, 1.807) is 6.07 Å². The number of imidazole rings is 1. The SMILES string of the molecule is Nc1ccc(-c2cn3cccc(OCC(=O)Nc4ccc(Br)cc4)c3n2)cc1. The smallest absolute Gasteiger partial charge is 0.262 e. The van der Waals surface area contributed by atoms with Gasteiger partial charge in [-0.05, 0) is 48.5 Å². The zero-order chi connectivity index (χ0) is 19.5. The molecular formula is C21H17BrN4O2. The number of nitrogen functional groups attached to an aromatic ring is 1. The fourth-order valence-electron chi connectivity index (χ4n) is 2.77. The molecule has 0 aliphatic rings. The van der Waals surface area contributed by atoms with Crippen molar-refractivity contribution in [2.24, 2.45) is 0 Å². The molecule has 2 aromatic carbocycles. The van der Waals surface area contributed by atoms with E-state index >= 15 is 0 Å². The van der Waals surface area contributed by atoms with Crippen LogP contribution in [0.3, 0.4) is 0 Å². The van der Waals surface area contributed by atoms with Crippen LogP contribution >= 0.6 is 15.9 Å². The van der Waals surface area contributed by atoms with Gasteiger partial charge in [-0.15, -0.1) is 0 Å². The van der Waals surface area contributed by atoms with Gasteiger partial charge in [0.1, 0.15) is 0 Å². The van der Waals surface area contributed by atoms with Crippen LogP contribution in [0, 0.1) is 0 Å². The molecule has 2 heterocycles. The van der Waals surface area contributed by atoms with Gasteiger partial charge in [0.25, 0.3) is 5.91 Å². The molecule has 140 valence electrons. The highest BCUT2D eigenvalue weighted by Crippen LogP contribution is 2.25. The summed E-state index contributed by atoms with van der Waals surface area (Å²) in [5.74, 6) is 0.296. The number of aromatic nitrogens is 2. The Hall–Kier alpha value is -3.32. The van der Waals surface area contributed by atoms with Gasteiger partial charge in [0, 0.05) is 33.8 Å². The van der Waals surface area contributed by atoms with Crippen molar-refractivity contribution >= 4 is 38.9 Å². The predicted molar refractivity (Wildman–Crippen MR) is 113 cm³/mol. The zero-order valence-electron chi connectivity index (χ0n) is 14.8. The topological polar surface area (TPSA) is 81.6 Å². The summed E-state index contributed by atoms with van der Waals surface area (Å²) in [7, 11) is 0. The maximum atomic E-state index is 12.2. The highest BCUT2D eigenvalue weighted by atomic mass is 79.9. The van der Waals surface area contributed by atoms with E-state index in [-0.39, 0.29) is 12.5 Å². The second-order valence-electron chi connectivity index (χ2n) is 6.20. The Kier molecular flexibility index (Phi) is 4.99. The quantitative estimate of drug-likeness (QED) is 0.455. The van der Waals surface area contributed by atoms with Crippen molar-refractivity contribution in [1.82, 2.24) is 9.38 Å². The van der Waals surface area contributed by atoms with Crippen molar-refractivity contribution in [3.8, 4) is 17.0 Å². The normalized spacial score (nSPS) is 10.8. The number of hydrogen-bond donors (Lipinski definition) is 2. The third kappa shape index (κ3) is 3.99. The van der Waals surface area contributed by atoms with Gasteiger partial charge in [-0.1, -0.05) is 28.1 Å². The highest BCUT2D eigenvalue weighted by molar-refractivity contribution is 9.10. The van der Waals surface area contributed by atoms with Crippen molar-refractivity contribution in [3.05, 3.63) is 77.5 Å². The van der Waals surface area contributed by atoms with Gasteiger partial charge in [0.05, 0.1) is 5.69 Å². The number of hydrogen-bond acceptors (Lipinski definition) is 4. The molecule has 7 heteroatoms. The molecule has 0 saturated heterocycles. The van der Waals surface area contributed by atoms with E-state index in [2.05, 4.69) is 26.2 Å². The number of benzene rings is 2. The number of ether oxygens (including phenoxy) is 1. The van der Waals surface area contributed by atoms with Gasteiger partial charge in [-0.3, -0.25) is 4.79 Å². The van der Waals surface area contributed by atoms with Crippen LogP contribution in [0.1, 0.15) is 0 Å². The molecule has 4 rings (SSSR count). The van der Waals surface area contributed by atoms with Crippen LogP contribution in [-0.4, -0.2) is 21.9 Å². The first kappa shape index (κ1) is 18.1. The number of rotatable bonds is 5. The Balaban J connectivity index is 1.50. The number of amides is 1. The minimum absolute atomic E-state index is 0.111. The molecule has 3 N–H and O–H groups in total. The summed E-state index contributed by atoms with van der Waals surface area (Å²) in [6, 6.07) is 18.5. The molecule has 6 nitrogen and oxygen atoms in total. The molecule has 0 spiro atoms. The average molecular weight is 437 g/mol. The number of nitrogens with two attached hydrogens (primary N) is 1. The van der Waals surface area contributed by atoms with Crippen molar-refractivity contribution in [2.45, 2.75) is 0 Å². The largest absolute Gasteiger partial charge is 0.480 e. The molecular weight excluding hydrogens is 420 g/mol. The van der Waals surface area contributed by atoms with E-state index in [9.17, 15) is 4.79 Å². The summed E-state index contributed by atoms with van der Waals surface area (Å²) in [5, 5.41) is 2.80. The van der Waals surface area contributed by atoms with Crippen LogP contribution in [0.15, 0.2) is 77.5 Å². The number of carbonyl (C=O) groups excluding carboxylic acids is 1. The number of halogens is 1. The summed E-state index contributed by atoms with van der Waals surface area (Å²) >= 11 is 3.37. The van der Waals surface area contributed by atoms with Gasteiger partial charge in [-0.25, -0.2) is 4.98 Å². The number of fused-ring (bicyclic) bond motifs is 1. The van der Waals surface area contributed by atoms with Crippen LogP contribution in [0.4, 0.5) is 11.4 Å². The number of anilines is 2. The second-order valence-corrected chi connectivity index (χ2v) is 7.11. The monoisotopic (exact) mass is 436 g/mol. The molecule has 0 aliphatic carbocycles. The van der Waals surface area contributed by atoms with Crippen molar-refractivity contribution < 1.29 is 9.53 Å². The van der Waals surface area contributed by atoms with Gasteiger partial charge < -0.3 is 20.2 Å². The van der Waals surface area contributed by atoms with E-state index in [1.165, 1.54) is 0 Å². The first-order valence-electron chi connectivity index (χ1n) is 8.60. The molecule has 1 amide bonds. The molecule has 0 aliphatic heterocycles. The standard InChI is InChI=1S/C21H17BrN4O2/c22-15-5-9-17(10-6-15)24-20(27)13-28-19-2-1-11-26-12-18(25-21(19)26)14-3-7-16(23)8-4-14/h1-12H,13,23H2,(H,24,27). The van der Waals surface area contributed by atoms with Crippen molar-refractivity contribution in [1.29, 1.82) is 0 Å². The summed E-state index contributed by atoms with van der Waals surface area (Å²) in [4.78, 5) is 16.8. The first-order chi connectivity index (χ1) is 13.6. The zero-order valence-corrected chi connectivity index (χ0v) is 16.4. The number of nitrogens with one attached hydrogen (secondary N) is 1. The molecule has 0 bridgehead atoms. The molecule has 0 saturated carbocycles. The molecule has 0 radical (unpaired) electrons. The summed E-state index contributed by atoms with van der Waals surface area (Å²) in [6.07, 6.45) is 3.80. The van der Waals surface area contributed by atoms with E-state index in [4.69, 9.17) is 10.5 Å². The minimum Gasteiger partial charge on any atom is -0.480 e. The van der Waals surface area contributed by atoms with Gasteiger partial charge in [0.15, 0.2) is 18.0 Å². The third-order valence-electron chi connectivity index (χ3n) is 4.14. The first-order valence-corrected chi connectivity index (χ1v) is 9.40. The lowest BCUT2D eigenvalue weighted by Gasteiger charge is -2.08. The Morgan fingerprint density at radius 2 is 1.86 bits per heavy atom. The number of nitrogens with zero attached hydrogens (tertiary/aromatic N) is 2. The Morgan fingerprint density at radius 1 is 1.11 bits per heavy atom. The molecule has 0 fully saturated rings. The fraction of sp³-hybridized carbons (Fsp3) is 0.0476. The van der Waals surface area contributed by atoms with E-state index in [0.29, 0.717) is 22.8 Å². The molecule has 28 heavy (non-hydrogen) atoms. The maximum absolute atomic E-state index is 12.2. The van der Waals surface area contributed by atoms with E-state index in [0.717, 1.165) is 15.7 Å². The lowest BCUT2D eigenvalue weighted by atomic mass is 10.1. The Morgan fingerprint density at radius 3 is 2.61 bits per heavy atom. The molecule has 0 atom stereocenters. The fourth-order valence-corrected chi connectivity index (χ4v) is 3.03. The van der Waals surface area contributed by atoms with Crippen molar-refractivity contribution in [3.63, 3.8) is 0 Å². The lowest BCUT2D eigenvalue weighted by Crippen LogP contribution is -2.20. The molecule has 2 aromatic heterocycles. The summed E-state index contributed by atoms with van der Waals surface area (Å²) in [6.45, 7) is -0.111. The van der Waals surface area contributed by atoms with Gasteiger partial charge in [-0.2, -0.15) is 0 Å². The predicted octanol–water partition coefficient (Wildman–Crippen LogP) is 4.36. The van der Waals surface area contributed by atoms with Crippen molar-refractivity contribution in [2.75, 3.05) is 17.7 Å².